The molecule has 0 aromatic heterocycles. The van der Waals surface area contributed by atoms with E-state index < -0.39 is 6.10 Å². The zero-order chi connectivity index (χ0) is 19.1. The number of aliphatic hydroxyl groups excluding tert-OH is 1. The maximum atomic E-state index is 10.5. The van der Waals surface area contributed by atoms with E-state index in [4.69, 9.17) is 4.74 Å². The van der Waals surface area contributed by atoms with Gasteiger partial charge in [-0.15, -0.1) is 0 Å². The van der Waals surface area contributed by atoms with Crippen molar-refractivity contribution in [2.24, 2.45) is 11.8 Å². The van der Waals surface area contributed by atoms with E-state index in [0.717, 1.165) is 17.0 Å². The first-order valence-corrected chi connectivity index (χ1v) is 10.4. The maximum absolute atomic E-state index is 10.5. The summed E-state index contributed by atoms with van der Waals surface area (Å²) in [7, 11) is 0. The molecule has 3 heteroatoms. The highest BCUT2D eigenvalue weighted by Gasteiger charge is 2.30. The molecular formula is C24H34NO2+. The monoisotopic (exact) mass is 368 g/mol. The van der Waals surface area contributed by atoms with Crippen LogP contribution in [0.2, 0.25) is 0 Å². The lowest BCUT2D eigenvalue weighted by atomic mass is 9.78. The molecule has 0 unspecified atom stereocenters. The Balaban J connectivity index is 1.55. The van der Waals surface area contributed by atoms with Gasteiger partial charge in [-0.25, -0.2) is 0 Å². The first-order valence-electron chi connectivity index (χ1n) is 10.4. The molecule has 1 aliphatic carbocycles. The van der Waals surface area contributed by atoms with Gasteiger partial charge >= 0.3 is 0 Å². The van der Waals surface area contributed by atoms with Crippen molar-refractivity contribution in [1.29, 1.82) is 0 Å². The average Bonchev–Trinajstić information content (AvgIpc) is 2.71. The lowest BCUT2D eigenvalue weighted by Crippen LogP contribution is -2.93. The van der Waals surface area contributed by atoms with Gasteiger partial charge in [0.1, 0.15) is 18.8 Å². The summed E-state index contributed by atoms with van der Waals surface area (Å²) in [4.78, 5) is 0. The van der Waals surface area contributed by atoms with Crippen molar-refractivity contribution in [1.82, 2.24) is 0 Å². The Labute approximate surface area is 163 Å². The third-order valence-electron chi connectivity index (χ3n) is 6.14. The average molecular weight is 369 g/mol. The molecule has 1 aliphatic rings. The summed E-state index contributed by atoms with van der Waals surface area (Å²) in [6, 6.07) is 21.1. The number of quaternary nitrogens is 1. The summed E-state index contributed by atoms with van der Waals surface area (Å²) < 4.78 is 6.19. The summed E-state index contributed by atoms with van der Waals surface area (Å²) in [6.45, 7) is 5.77. The summed E-state index contributed by atoms with van der Waals surface area (Å²) >= 11 is 0. The number of hydrogen-bond donors (Lipinski definition) is 2. The Hall–Kier alpha value is -1.68. The number of ether oxygens (including phenoxy) is 1. The maximum Gasteiger partial charge on any atom is 0.126 e. The third kappa shape index (κ3) is 5.65. The first kappa shape index (κ1) is 20.1. The molecule has 0 saturated heterocycles. The Morgan fingerprint density at radius 3 is 2.15 bits per heavy atom. The topological polar surface area (TPSA) is 46.1 Å². The summed E-state index contributed by atoms with van der Waals surface area (Å²) in [5.41, 5.74) is 2.24. The SMILES string of the molecule is C[C@@H]1[C@H](C)CCC[C@H]1[NH2+]C[C@H](O)COC(c1ccccc1)c1ccccc1. The van der Waals surface area contributed by atoms with Gasteiger partial charge in [-0.05, 0) is 36.3 Å². The van der Waals surface area contributed by atoms with Crippen LogP contribution in [0.1, 0.15) is 50.3 Å². The van der Waals surface area contributed by atoms with E-state index in [9.17, 15) is 5.11 Å². The van der Waals surface area contributed by atoms with Gasteiger partial charge in [-0.3, -0.25) is 0 Å². The van der Waals surface area contributed by atoms with Crippen molar-refractivity contribution in [2.75, 3.05) is 13.2 Å². The van der Waals surface area contributed by atoms with E-state index in [1.54, 1.807) is 0 Å². The third-order valence-corrected chi connectivity index (χ3v) is 6.14. The molecule has 0 amide bonds. The van der Waals surface area contributed by atoms with Gasteiger partial charge in [0, 0.05) is 5.92 Å². The lowest BCUT2D eigenvalue weighted by Gasteiger charge is -2.32. The summed E-state index contributed by atoms with van der Waals surface area (Å²) in [6.07, 6.45) is 3.31. The molecule has 0 heterocycles. The van der Waals surface area contributed by atoms with E-state index in [2.05, 4.69) is 43.4 Å². The van der Waals surface area contributed by atoms with Crippen LogP contribution in [0.15, 0.2) is 60.7 Å². The van der Waals surface area contributed by atoms with E-state index >= 15 is 0 Å². The minimum Gasteiger partial charge on any atom is -0.385 e. The van der Waals surface area contributed by atoms with E-state index in [1.165, 1.54) is 19.3 Å². The van der Waals surface area contributed by atoms with Gasteiger partial charge in [-0.2, -0.15) is 0 Å². The summed E-state index contributed by atoms with van der Waals surface area (Å²) in [5.74, 6) is 1.50. The van der Waals surface area contributed by atoms with Crippen LogP contribution in [-0.4, -0.2) is 30.4 Å². The minimum absolute atomic E-state index is 0.143. The number of hydrogen-bond acceptors (Lipinski definition) is 2. The quantitative estimate of drug-likeness (QED) is 0.749. The molecule has 1 saturated carbocycles. The molecule has 146 valence electrons. The Kier molecular flexibility index (Phi) is 7.45. The van der Waals surface area contributed by atoms with Gasteiger partial charge in [0.25, 0.3) is 0 Å². The fourth-order valence-corrected chi connectivity index (χ4v) is 4.20. The second-order valence-corrected chi connectivity index (χ2v) is 8.09. The fourth-order valence-electron chi connectivity index (χ4n) is 4.20. The molecule has 0 radical (unpaired) electrons. The highest BCUT2D eigenvalue weighted by molar-refractivity contribution is 5.29. The number of aliphatic hydroxyl groups is 1. The summed E-state index contributed by atoms with van der Waals surface area (Å²) in [5, 5.41) is 12.9. The largest absolute Gasteiger partial charge is 0.385 e. The van der Waals surface area contributed by atoms with Crippen molar-refractivity contribution in [2.45, 2.75) is 51.4 Å². The van der Waals surface area contributed by atoms with Crippen LogP contribution in [0, 0.1) is 11.8 Å². The van der Waals surface area contributed by atoms with Crippen LogP contribution in [0.3, 0.4) is 0 Å². The molecule has 1 fully saturated rings. The van der Waals surface area contributed by atoms with Crippen molar-refractivity contribution in [3.05, 3.63) is 71.8 Å². The Bertz CT molecular complexity index is 621. The molecule has 3 nitrogen and oxygen atoms in total. The van der Waals surface area contributed by atoms with Gasteiger partial charge in [0.05, 0.1) is 12.6 Å². The molecule has 0 bridgehead atoms. The van der Waals surface area contributed by atoms with Gasteiger partial charge in [-0.1, -0.05) is 74.5 Å². The molecule has 2 aromatic rings. The highest BCUT2D eigenvalue weighted by atomic mass is 16.5. The predicted octanol–water partition coefficient (Wildman–Crippen LogP) is 3.54. The highest BCUT2D eigenvalue weighted by Crippen LogP contribution is 2.28. The van der Waals surface area contributed by atoms with Crippen molar-refractivity contribution in [3.8, 4) is 0 Å². The van der Waals surface area contributed by atoms with E-state index in [0.29, 0.717) is 25.1 Å². The van der Waals surface area contributed by atoms with Crippen LogP contribution in [0.4, 0.5) is 0 Å². The Morgan fingerprint density at radius 1 is 0.963 bits per heavy atom. The normalized spacial score (nSPS) is 24.1. The lowest BCUT2D eigenvalue weighted by molar-refractivity contribution is -0.704. The molecule has 4 atom stereocenters. The van der Waals surface area contributed by atoms with Gasteiger partial charge in [0.2, 0.25) is 0 Å². The molecular weight excluding hydrogens is 334 g/mol. The fraction of sp³-hybridized carbons (Fsp3) is 0.500. The molecule has 3 rings (SSSR count). The van der Waals surface area contributed by atoms with Crippen molar-refractivity contribution in [3.63, 3.8) is 0 Å². The predicted molar refractivity (Wildman–Crippen MR) is 109 cm³/mol. The number of nitrogens with two attached hydrogens (primary N) is 1. The molecule has 3 N–H and O–H groups in total. The Morgan fingerprint density at radius 2 is 1.56 bits per heavy atom. The van der Waals surface area contributed by atoms with Crippen molar-refractivity contribution < 1.29 is 15.2 Å². The second-order valence-electron chi connectivity index (χ2n) is 8.09. The molecule has 0 aliphatic heterocycles. The number of benzene rings is 2. The van der Waals surface area contributed by atoms with Crippen LogP contribution in [0.25, 0.3) is 0 Å². The smallest absolute Gasteiger partial charge is 0.126 e. The van der Waals surface area contributed by atoms with Crippen LogP contribution in [0.5, 0.6) is 0 Å². The van der Waals surface area contributed by atoms with Crippen LogP contribution in [-0.2, 0) is 4.74 Å². The molecule has 0 spiro atoms. The number of rotatable bonds is 8. The molecule has 27 heavy (non-hydrogen) atoms. The zero-order valence-corrected chi connectivity index (χ0v) is 16.6. The van der Waals surface area contributed by atoms with E-state index in [1.807, 2.05) is 36.4 Å². The minimum atomic E-state index is -0.454. The zero-order valence-electron chi connectivity index (χ0n) is 16.6. The standard InChI is InChI=1S/C24H33NO2/c1-18-10-9-15-23(19(18)2)25-16-22(26)17-27-24(20-11-5-3-6-12-20)21-13-7-4-8-14-21/h3-8,11-14,18-19,22-26H,9-10,15-17H2,1-2H3/p+1/t18-,19-,22+,23-/m1/s1. The molecule has 2 aromatic carbocycles. The van der Waals surface area contributed by atoms with Crippen LogP contribution >= 0.6 is 0 Å². The second kappa shape index (κ2) is 10.0. The van der Waals surface area contributed by atoms with Gasteiger partial charge < -0.3 is 15.2 Å². The van der Waals surface area contributed by atoms with Gasteiger partial charge in [0.15, 0.2) is 0 Å². The van der Waals surface area contributed by atoms with Crippen molar-refractivity contribution >= 4 is 0 Å². The van der Waals surface area contributed by atoms with Crippen LogP contribution < -0.4 is 5.32 Å². The first-order chi connectivity index (χ1) is 13.1. The van der Waals surface area contributed by atoms with E-state index in [-0.39, 0.29) is 6.10 Å².